The third-order valence-corrected chi connectivity index (χ3v) is 6.79. The molecule has 0 fully saturated rings. The highest BCUT2D eigenvalue weighted by atomic mass is 32.1. The fourth-order valence-corrected chi connectivity index (χ4v) is 4.28. The van der Waals surface area contributed by atoms with Crippen LogP contribution in [0.5, 0.6) is 10.8 Å². The zero-order valence-corrected chi connectivity index (χ0v) is 23.8. The van der Waals surface area contributed by atoms with E-state index in [9.17, 15) is 23.9 Å². The van der Waals surface area contributed by atoms with Crippen LogP contribution in [0.3, 0.4) is 0 Å². The fraction of sp³-hybridized carbons (Fsp3) is 0.429. The molecule has 2 heterocycles. The molecule has 0 saturated heterocycles. The van der Waals surface area contributed by atoms with Crippen LogP contribution in [0.2, 0.25) is 0 Å². The van der Waals surface area contributed by atoms with E-state index in [2.05, 4.69) is 23.2 Å². The summed E-state index contributed by atoms with van der Waals surface area (Å²) in [6.07, 6.45) is 4.92. The highest BCUT2D eigenvalue weighted by Crippen LogP contribution is 2.36. The second-order valence-corrected chi connectivity index (χ2v) is 9.33. The van der Waals surface area contributed by atoms with E-state index in [-0.39, 0.29) is 36.2 Å². The monoisotopic (exact) mass is 567 g/mol. The number of nitrogens with one attached hydrogen (secondary N) is 1. The number of carbonyl (C=O) groups excluding carboxylic acids is 3. The number of thiophene rings is 1. The summed E-state index contributed by atoms with van der Waals surface area (Å²) in [5, 5.41) is 13.9. The minimum absolute atomic E-state index is 0.0659. The molecule has 0 aliphatic heterocycles. The van der Waals surface area contributed by atoms with Crippen molar-refractivity contribution in [2.75, 3.05) is 20.8 Å². The Kier molecular flexibility index (Phi) is 17.5. The molecule has 3 atom stereocenters. The molecule has 9 nitrogen and oxygen atoms in total. The minimum Gasteiger partial charge on any atom is -0.507 e. The second kappa shape index (κ2) is 19.4. The maximum Gasteiger partial charge on any atom is 0.350 e. The molecule has 0 aliphatic carbocycles. The maximum absolute atomic E-state index is 13.0. The topological polar surface area (TPSA) is 132 Å². The summed E-state index contributed by atoms with van der Waals surface area (Å²) < 4.78 is 26.9. The predicted molar refractivity (Wildman–Crippen MR) is 149 cm³/mol. The van der Waals surface area contributed by atoms with Crippen LogP contribution in [0.4, 0.5) is 4.39 Å². The number of aromatic hydroxyl groups is 1. The number of rotatable bonds is 14. The highest BCUT2D eigenvalue weighted by molar-refractivity contribution is 7.13. The molecule has 3 unspecified atom stereocenters. The van der Waals surface area contributed by atoms with Crippen molar-refractivity contribution in [1.82, 2.24) is 5.32 Å². The number of ether oxygens (including phenoxy) is 2. The molecule has 2 aromatic rings. The maximum atomic E-state index is 13.0. The summed E-state index contributed by atoms with van der Waals surface area (Å²) >= 11 is 1.28. The zero-order chi connectivity index (χ0) is 30.0. The van der Waals surface area contributed by atoms with Gasteiger partial charge in [0.2, 0.25) is 0 Å². The summed E-state index contributed by atoms with van der Waals surface area (Å²) in [5.41, 5.74) is -1.20. The lowest BCUT2D eigenvalue weighted by atomic mass is 9.87. The van der Waals surface area contributed by atoms with E-state index in [1.54, 1.807) is 26.1 Å². The number of allylic oxidation sites excluding steroid dienone is 1. The molecule has 0 saturated carbocycles. The second-order valence-electron chi connectivity index (χ2n) is 8.25. The SMILES string of the molecule is C=C.CN/C=C/CCC(C)c1cc(O)c(C(=O)C(C)C(C)c2ccc(OCCC(=O)F)s2)c(=O)o1.COC=O. The molecule has 0 spiro atoms. The average molecular weight is 568 g/mol. The molecule has 216 valence electrons. The van der Waals surface area contributed by atoms with Gasteiger partial charge < -0.3 is 24.3 Å². The molecule has 0 aliphatic rings. The third-order valence-electron chi connectivity index (χ3n) is 5.59. The molecule has 2 aromatic heterocycles. The lowest BCUT2D eigenvalue weighted by molar-refractivity contribution is -0.129. The van der Waals surface area contributed by atoms with Crippen molar-refractivity contribution in [3.05, 3.63) is 70.3 Å². The number of methoxy groups -OCH3 is 1. The lowest BCUT2D eigenvalue weighted by Crippen LogP contribution is -2.24. The molecule has 2 rings (SSSR count). The van der Waals surface area contributed by atoms with Crippen LogP contribution < -0.4 is 15.7 Å². The van der Waals surface area contributed by atoms with E-state index < -0.39 is 23.4 Å². The van der Waals surface area contributed by atoms with Gasteiger partial charge in [0.25, 0.3) is 6.47 Å². The van der Waals surface area contributed by atoms with E-state index >= 15 is 0 Å². The van der Waals surface area contributed by atoms with Crippen molar-refractivity contribution >= 4 is 29.6 Å². The molecular formula is C28H38FNO8S. The zero-order valence-electron chi connectivity index (χ0n) is 23.0. The van der Waals surface area contributed by atoms with Gasteiger partial charge in [0.1, 0.15) is 17.1 Å². The van der Waals surface area contributed by atoms with Crippen molar-refractivity contribution < 1.29 is 37.8 Å². The van der Waals surface area contributed by atoms with Crippen molar-refractivity contribution in [3.63, 3.8) is 0 Å². The van der Waals surface area contributed by atoms with Gasteiger partial charge in [-0.1, -0.05) is 26.8 Å². The van der Waals surface area contributed by atoms with Crippen molar-refractivity contribution in [1.29, 1.82) is 0 Å². The van der Waals surface area contributed by atoms with Crippen LogP contribution >= 0.6 is 11.3 Å². The van der Waals surface area contributed by atoms with Crippen LogP contribution in [0, 0.1) is 5.92 Å². The van der Waals surface area contributed by atoms with Gasteiger partial charge in [0.05, 0.1) is 20.1 Å². The van der Waals surface area contributed by atoms with Gasteiger partial charge in [-0.15, -0.1) is 24.5 Å². The molecule has 0 aromatic carbocycles. The van der Waals surface area contributed by atoms with E-state index in [1.165, 1.54) is 24.5 Å². The Morgan fingerprint density at radius 2 is 1.90 bits per heavy atom. The third kappa shape index (κ3) is 12.1. The van der Waals surface area contributed by atoms with Gasteiger partial charge in [-0.2, -0.15) is 4.39 Å². The molecule has 0 radical (unpaired) electrons. The Bertz CT molecular complexity index is 1130. The summed E-state index contributed by atoms with van der Waals surface area (Å²) in [6, 6.07) is 3.37. The standard InChI is InChI=1S/C24H30FNO6S.C2H4O2.C2H4/c1-14(7-5-6-11-26-4)18-13-17(27)22(24(30)32-18)23(29)16(3)15(2)19-8-9-21(33-19)31-12-10-20(25)28;1-4-2-3;1-2/h6,8-9,11,13-16,26-27H,5,7,10,12H2,1-4H3;2H,1H3;1-2H2/b11-6+;;. The first kappa shape index (κ1) is 35.3. The number of carbonyl (C=O) groups is 3. The van der Waals surface area contributed by atoms with Crippen molar-refractivity contribution in [2.24, 2.45) is 5.92 Å². The first-order chi connectivity index (χ1) is 18.6. The van der Waals surface area contributed by atoms with Gasteiger partial charge in [0.15, 0.2) is 10.8 Å². The summed E-state index contributed by atoms with van der Waals surface area (Å²) in [4.78, 5) is 45.8. The van der Waals surface area contributed by atoms with Gasteiger partial charge in [-0.05, 0) is 31.2 Å². The number of hydrogen-bond donors (Lipinski definition) is 2. The predicted octanol–water partition coefficient (Wildman–Crippen LogP) is 5.50. The Labute approximate surface area is 232 Å². The summed E-state index contributed by atoms with van der Waals surface area (Å²) in [5.74, 6) is -1.56. The quantitative estimate of drug-likeness (QED) is 0.131. The molecule has 11 heteroatoms. The van der Waals surface area contributed by atoms with Crippen LogP contribution in [0.25, 0.3) is 0 Å². The Morgan fingerprint density at radius 3 is 2.44 bits per heavy atom. The summed E-state index contributed by atoms with van der Waals surface area (Å²) in [7, 11) is 3.12. The van der Waals surface area contributed by atoms with Crippen LogP contribution in [-0.2, 0) is 14.3 Å². The number of halogens is 1. The largest absolute Gasteiger partial charge is 0.507 e. The minimum atomic E-state index is -1.44. The van der Waals surface area contributed by atoms with Gasteiger partial charge in [-0.3, -0.25) is 14.4 Å². The Balaban J connectivity index is 0.00000220. The van der Waals surface area contributed by atoms with Crippen LogP contribution in [-0.4, -0.2) is 44.2 Å². The molecule has 2 N–H and O–H groups in total. The van der Waals surface area contributed by atoms with Gasteiger partial charge in [-0.25, -0.2) is 4.79 Å². The van der Waals surface area contributed by atoms with E-state index in [0.29, 0.717) is 23.7 Å². The van der Waals surface area contributed by atoms with Crippen molar-refractivity contribution in [3.8, 4) is 10.8 Å². The lowest BCUT2D eigenvalue weighted by Gasteiger charge is -2.18. The number of hydrogen-bond acceptors (Lipinski definition) is 10. The fourth-order valence-electron chi connectivity index (χ4n) is 3.25. The highest BCUT2D eigenvalue weighted by Gasteiger charge is 2.29. The summed E-state index contributed by atoms with van der Waals surface area (Å²) in [6.45, 7) is 11.7. The van der Waals surface area contributed by atoms with Crippen molar-refractivity contribution in [2.45, 2.75) is 51.9 Å². The molecule has 39 heavy (non-hydrogen) atoms. The van der Waals surface area contributed by atoms with Gasteiger partial charge in [0, 0.05) is 35.7 Å². The molecule has 0 bridgehead atoms. The first-order valence-electron chi connectivity index (χ1n) is 12.2. The van der Waals surface area contributed by atoms with Crippen LogP contribution in [0.1, 0.15) is 72.9 Å². The van der Waals surface area contributed by atoms with Gasteiger partial charge >= 0.3 is 11.7 Å². The first-order valence-corrected chi connectivity index (χ1v) is 13.0. The number of Topliss-reactive ketones (excluding diaryl/α,β-unsaturated/α-hetero) is 1. The smallest absolute Gasteiger partial charge is 0.350 e. The van der Waals surface area contributed by atoms with Crippen LogP contribution in [0.15, 0.2) is 52.8 Å². The van der Waals surface area contributed by atoms with E-state index in [4.69, 9.17) is 13.9 Å². The molecular weight excluding hydrogens is 529 g/mol. The average Bonchev–Trinajstić information content (AvgIpc) is 3.39. The molecule has 0 amide bonds. The number of ketones is 1. The van der Waals surface area contributed by atoms with E-state index in [1.807, 2.05) is 26.1 Å². The Hall–Kier alpha value is -3.73. The Morgan fingerprint density at radius 1 is 1.26 bits per heavy atom. The normalized spacial score (nSPS) is 12.6. The van der Waals surface area contributed by atoms with E-state index in [0.717, 1.165) is 11.3 Å².